The second-order valence-corrected chi connectivity index (χ2v) is 9.19. The molecular formula is C25H27F3N4O3. The number of hydrogen-bond acceptors (Lipinski definition) is 7. The number of ether oxygens (including phenoxy) is 3. The molecule has 5 rings (SSSR count). The molecule has 0 aliphatic carbocycles. The number of alkyl halides is 3. The smallest absolute Gasteiger partial charge is 0.416 e. The van der Waals surface area contributed by atoms with Gasteiger partial charge in [-0.1, -0.05) is 0 Å². The van der Waals surface area contributed by atoms with Gasteiger partial charge in [0.15, 0.2) is 11.5 Å². The molecule has 2 aliphatic heterocycles. The molecular weight excluding hydrogens is 461 g/mol. The van der Waals surface area contributed by atoms with Gasteiger partial charge in [-0.2, -0.15) is 13.2 Å². The fourth-order valence-corrected chi connectivity index (χ4v) is 4.61. The second-order valence-electron chi connectivity index (χ2n) is 9.19. The largest absolute Gasteiger partial charge is 0.486 e. The minimum atomic E-state index is -4.49. The van der Waals surface area contributed by atoms with Crippen molar-refractivity contribution in [1.29, 1.82) is 0 Å². The van der Waals surface area contributed by atoms with Crippen molar-refractivity contribution in [3.8, 4) is 11.5 Å². The number of halogens is 3. The standard InChI is InChI=1S/C25H27F3N4O3/c1-12-6-19-22-20(10-21(23(19)34-12)35-18-4-5-33-11-18)24(32-14(3)31-22)30-13(2)15-7-16(25(26,27)28)9-17(29)8-15/h7-10,12-13,18H,4-6,11,29H2,1-3H3,(H,30,31,32)/t12?,13-,18+/m1/s1. The van der Waals surface area contributed by atoms with E-state index in [-0.39, 0.29) is 17.9 Å². The summed E-state index contributed by atoms with van der Waals surface area (Å²) in [6, 6.07) is 4.91. The molecule has 2 aliphatic rings. The molecule has 1 saturated heterocycles. The lowest BCUT2D eigenvalue weighted by atomic mass is 10.0. The summed E-state index contributed by atoms with van der Waals surface area (Å²) in [5, 5.41) is 3.99. The van der Waals surface area contributed by atoms with Crippen molar-refractivity contribution >= 4 is 22.4 Å². The molecule has 1 unspecified atom stereocenters. The third-order valence-electron chi connectivity index (χ3n) is 6.27. The Kier molecular flexibility index (Phi) is 5.86. The van der Waals surface area contributed by atoms with E-state index < -0.39 is 17.8 Å². The van der Waals surface area contributed by atoms with E-state index in [4.69, 9.17) is 19.9 Å². The van der Waals surface area contributed by atoms with E-state index in [1.54, 1.807) is 13.8 Å². The number of nitrogens with zero attached hydrogens (tertiary/aromatic N) is 2. The average molecular weight is 489 g/mol. The number of nitrogens with two attached hydrogens (primary N) is 1. The lowest BCUT2D eigenvalue weighted by Gasteiger charge is -2.21. The van der Waals surface area contributed by atoms with Crippen molar-refractivity contribution in [3.63, 3.8) is 0 Å². The van der Waals surface area contributed by atoms with Crippen molar-refractivity contribution in [1.82, 2.24) is 9.97 Å². The Morgan fingerprint density at radius 3 is 2.71 bits per heavy atom. The minimum absolute atomic E-state index is 0.0311. The van der Waals surface area contributed by atoms with Crippen LogP contribution < -0.4 is 20.5 Å². The second kappa shape index (κ2) is 8.75. The summed E-state index contributed by atoms with van der Waals surface area (Å²) in [5.74, 6) is 2.32. The molecule has 3 aromatic rings. The normalized spacial score (nSPS) is 20.5. The number of rotatable bonds is 5. The first kappa shape index (κ1) is 23.5. The molecule has 3 N–H and O–H groups in total. The molecule has 1 aromatic heterocycles. The minimum Gasteiger partial charge on any atom is -0.486 e. The third kappa shape index (κ3) is 4.67. The highest BCUT2D eigenvalue weighted by molar-refractivity contribution is 5.95. The van der Waals surface area contributed by atoms with Crippen LogP contribution in [0.5, 0.6) is 11.5 Å². The van der Waals surface area contributed by atoms with Gasteiger partial charge in [0.1, 0.15) is 23.9 Å². The van der Waals surface area contributed by atoms with Gasteiger partial charge < -0.3 is 25.3 Å². The Labute approximate surface area is 200 Å². The highest BCUT2D eigenvalue weighted by atomic mass is 19.4. The van der Waals surface area contributed by atoms with E-state index in [9.17, 15) is 13.2 Å². The van der Waals surface area contributed by atoms with Crippen LogP contribution in [0.4, 0.5) is 24.7 Å². The van der Waals surface area contributed by atoms with Gasteiger partial charge in [-0.15, -0.1) is 0 Å². The Balaban J connectivity index is 1.57. The number of fused-ring (bicyclic) bond motifs is 3. The van der Waals surface area contributed by atoms with Gasteiger partial charge in [-0.05, 0) is 50.6 Å². The fourth-order valence-electron chi connectivity index (χ4n) is 4.61. The number of hydrogen-bond donors (Lipinski definition) is 2. The van der Waals surface area contributed by atoms with Crippen molar-refractivity contribution in [2.75, 3.05) is 24.3 Å². The van der Waals surface area contributed by atoms with E-state index >= 15 is 0 Å². The predicted octanol–water partition coefficient (Wildman–Crippen LogP) is 5.20. The van der Waals surface area contributed by atoms with Crippen molar-refractivity contribution in [2.24, 2.45) is 0 Å². The quantitative estimate of drug-likeness (QED) is 0.477. The predicted molar refractivity (Wildman–Crippen MR) is 126 cm³/mol. The lowest BCUT2D eigenvalue weighted by molar-refractivity contribution is -0.137. The molecule has 0 amide bonds. The molecule has 2 aromatic carbocycles. The molecule has 3 atom stereocenters. The van der Waals surface area contributed by atoms with Gasteiger partial charge in [0.2, 0.25) is 0 Å². The van der Waals surface area contributed by atoms with Crippen LogP contribution in [0.1, 0.15) is 48.8 Å². The molecule has 0 saturated carbocycles. The first-order valence-electron chi connectivity index (χ1n) is 11.6. The maximum atomic E-state index is 13.3. The number of aromatic nitrogens is 2. The Morgan fingerprint density at radius 1 is 1.20 bits per heavy atom. The van der Waals surface area contributed by atoms with Gasteiger partial charge in [0, 0.05) is 29.5 Å². The SMILES string of the molecule is Cc1nc(N[C@H](C)c2cc(N)cc(C(F)(F)F)c2)c2cc(O[C@H]3CCOC3)c3c(c2n1)CC(C)O3. The highest BCUT2D eigenvalue weighted by Crippen LogP contribution is 2.45. The molecule has 3 heterocycles. The van der Waals surface area contributed by atoms with Crippen LogP contribution in [0, 0.1) is 6.92 Å². The van der Waals surface area contributed by atoms with Gasteiger partial charge in [0.05, 0.1) is 30.3 Å². The molecule has 0 bridgehead atoms. The monoisotopic (exact) mass is 488 g/mol. The zero-order chi connectivity index (χ0) is 24.9. The number of benzene rings is 2. The maximum Gasteiger partial charge on any atom is 0.416 e. The Morgan fingerprint density at radius 2 is 2.00 bits per heavy atom. The Hall–Kier alpha value is -3.27. The van der Waals surface area contributed by atoms with E-state index in [0.717, 1.165) is 29.6 Å². The number of anilines is 2. The fraction of sp³-hybridized carbons (Fsp3) is 0.440. The van der Waals surface area contributed by atoms with Crippen molar-refractivity contribution < 1.29 is 27.4 Å². The molecule has 186 valence electrons. The molecule has 7 nitrogen and oxygen atoms in total. The summed E-state index contributed by atoms with van der Waals surface area (Å²) < 4.78 is 57.8. The molecule has 35 heavy (non-hydrogen) atoms. The zero-order valence-electron chi connectivity index (χ0n) is 19.7. The summed E-state index contributed by atoms with van der Waals surface area (Å²) in [6.45, 7) is 6.69. The number of nitrogens with one attached hydrogen (secondary N) is 1. The molecule has 1 fully saturated rings. The molecule has 0 radical (unpaired) electrons. The van der Waals surface area contributed by atoms with Crippen LogP contribution in [-0.2, 0) is 17.3 Å². The highest BCUT2D eigenvalue weighted by Gasteiger charge is 2.32. The van der Waals surface area contributed by atoms with Gasteiger partial charge in [-0.3, -0.25) is 0 Å². The third-order valence-corrected chi connectivity index (χ3v) is 6.27. The summed E-state index contributed by atoms with van der Waals surface area (Å²) >= 11 is 0. The van der Waals surface area contributed by atoms with Crippen LogP contribution in [0.3, 0.4) is 0 Å². The average Bonchev–Trinajstić information content (AvgIpc) is 3.43. The van der Waals surface area contributed by atoms with Crippen LogP contribution in [-0.4, -0.2) is 35.4 Å². The summed E-state index contributed by atoms with van der Waals surface area (Å²) in [6.07, 6.45) is -3.15. The molecule has 0 spiro atoms. The first-order chi connectivity index (χ1) is 16.6. The van der Waals surface area contributed by atoms with Crippen LogP contribution >= 0.6 is 0 Å². The van der Waals surface area contributed by atoms with Crippen molar-refractivity contribution in [3.05, 3.63) is 46.8 Å². The summed E-state index contributed by atoms with van der Waals surface area (Å²) in [5.41, 5.74) is 7.12. The van der Waals surface area contributed by atoms with Crippen LogP contribution in [0.2, 0.25) is 0 Å². The van der Waals surface area contributed by atoms with E-state index in [0.29, 0.717) is 53.7 Å². The maximum absolute atomic E-state index is 13.3. The number of nitrogen functional groups attached to an aromatic ring is 1. The Bertz CT molecular complexity index is 1280. The van der Waals surface area contributed by atoms with Gasteiger partial charge >= 0.3 is 6.18 Å². The van der Waals surface area contributed by atoms with E-state index in [2.05, 4.69) is 15.3 Å². The van der Waals surface area contributed by atoms with E-state index in [1.165, 1.54) is 6.07 Å². The van der Waals surface area contributed by atoms with E-state index in [1.807, 2.05) is 13.0 Å². The van der Waals surface area contributed by atoms with Crippen molar-refractivity contribution in [2.45, 2.75) is 58.0 Å². The topological polar surface area (TPSA) is 91.5 Å². The lowest BCUT2D eigenvalue weighted by Crippen LogP contribution is -2.16. The summed E-state index contributed by atoms with van der Waals surface area (Å²) in [7, 11) is 0. The first-order valence-corrected chi connectivity index (χ1v) is 11.6. The summed E-state index contributed by atoms with van der Waals surface area (Å²) in [4.78, 5) is 9.26. The van der Waals surface area contributed by atoms with Gasteiger partial charge in [-0.25, -0.2) is 9.97 Å². The zero-order valence-corrected chi connectivity index (χ0v) is 19.7. The van der Waals surface area contributed by atoms with Gasteiger partial charge in [0.25, 0.3) is 0 Å². The van der Waals surface area contributed by atoms with Crippen LogP contribution in [0.25, 0.3) is 10.9 Å². The number of aryl methyl sites for hydroxylation is 1. The molecule has 10 heteroatoms. The van der Waals surface area contributed by atoms with Crippen LogP contribution in [0.15, 0.2) is 24.3 Å².